The number of carbonyl (C=O) groups excluding carboxylic acids is 4. The number of hydrogen-bond acceptors (Lipinski definition) is 5. The fraction of sp³-hybridized carbons (Fsp3) is 0.833. The Morgan fingerprint density at radius 3 is 2.55 bits per heavy atom. The quantitative estimate of drug-likeness (QED) is 0.666. The summed E-state index contributed by atoms with van der Waals surface area (Å²) in [6.45, 7) is 4.34. The van der Waals surface area contributed by atoms with E-state index in [0.717, 1.165) is 32.1 Å². The number of Topliss-reactive ketones (excluding diaryl/α,β-unsaturated/α-hetero) is 3. The predicted octanol–water partition coefficient (Wildman–Crippen LogP) is 3.92. The van der Waals surface area contributed by atoms with Crippen LogP contribution >= 0.6 is 0 Å². The van der Waals surface area contributed by atoms with Crippen LogP contribution in [0.2, 0.25) is 0 Å². The maximum Gasteiger partial charge on any atom is 0.305 e. The Hall–Kier alpha value is -1.52. The van der Waals surface area contributed by atoms with E-state index < -0.39 is 5.41 Å². The molecule has 4 saturated carbocycles. The van der Waals surface area contributed by atoms with Gasteiger partial charge in [-0.2, -0.15) is 0 Å². The molecule has 0 aliphatic heterocycles. The highest BCUT2D eigenvalue weighted by Crippen LogP contribution is 2.65. The van der Waals surface area contributed by atoms with Gasteiger partial charge in [-0.05, 0) is 61.2 Å². The van der Waals surface area contributed by atoms with Crippen LogP contribution in [0.3, 0.4) is 0 Å². The number of ether oxygens (including phenoxy) is 1. The van der Waals surface area contributed by atoms with E-state index in [-0.39, 0.29) is 46.8 Å². The van der Waals surface area contributed by atoms with Crippen LogP contribution in [0.15, 0.2) is 0 Å². The van der Waals surface area contributed by atoms with Crippen LogP contribution in [0.4, 0.5) is 0 Å². The molecule has 4 aliphatic rings. The average Bonchev–Trinajstić information content (AvgIpc) is 3.02. The Bertz CT molecular complexity index is 742. The molecular formula is C24H34O5. The van der Waals surface area contributed by atoms with Gasteiger partial charge in [-0.15, -0.1) is 0 Å². The Morgan fingerprint density at radius 2 is 1.83 bits per heavy atom. The third-order valence-corrected chi connectivity index (χ3v) is 9.49. The first kappa shape index (κ1) is 20.7. The molecule has 4 unspecified atom stereocenters. The van der Waals surface area contributed by atoms with E-state index in [1.54, 1.807) is 0 Å². The van der Waals surface area contributed by atoms with Crippen molar-refractivity contribution in [3.05, 3.63) is 0 Å². The lowest BCUT2D eigenvalue weighted by molar-refractivity contribution is -0.165. The van der Waals surface area contributed by atoms with Crippen molar-refractivity contribution in [3.63, 3.8) is 0 Å². The van der Waals surface area contributed by atoms with E-state index in [9.17, 15) is 19.2 Å². The molecule has 0 bridgehead atoms. The zero-order valence-corrected chi connectivity index (χ0v) is 18.0. The standard InChI is InChI=1S/C24H34O5/c1-23-10-9-16(25)11-15(23)12-19(26)22-17-8-7-14(5-4-6-21(28)29-3)24(17,2)20(27)13-18(22)23/h14-15,17-18,22H,4-13H2,1-3H3/t14-,15?,17?,18?,22?,23-,24+/m0/s1. The van der Waals surface area contributed by atoms with E-state index >= 15 is 0 Å². The number of carbonyl (C=O) groups is 4. The molecular weight excluding hydrogens is 368 g/mol. The van der Waals surface area contributed by atoms with E-state index in [4.69, 9.17) is 4.74 Å². The van der Waals surface area contributed by atoms with Gasteiger partial charge in [0.2, 0.25) is 0 Å². The summed E-state index contributed by atoms with van der Waals surface area (Å²) in [5.74, 6) is 1.25. The number of fused-ring (bicyclic) bond motifs is 5. The second-order valence-corrected chi connectivity index (χ2v) is 10.5. The Balaban J connectivity index is 1.57. The highest BCUT2D eigenvalue weighted by Gasteiger charge is 2.65. The van der Waals surface area contributed by atoms with Gasteiger partial charge in [0.15, 0.2) is 0 Å². The molecule has 0 aromatic heterocycles. The number of esters is 1. The maximum atomic E-state index is 13.5. The van der Waals surface area contributed by atoms with E-state index in [0.29, 0.717) is 43.7 Å². The summed E-state index contributed by atoms with van der Waals surface area (Å²) in [4.78, 5) is 50.3. The predicted molar refractivity (Wildman–Crippen MR) is 107 cm³/mol. The van der Waals surface area contributed by atoms with E-state index in [1.807, 2.05) is 0 Å². The fourth-order valence-corrected chi connectivity index (χ4v) is 7.62. The van der Waals surface area contributed by atoms with Crippen LogP contribution in [0.25, 0.3) is 0 Å². The summed E-state index contributed by atoms with van der Waals surface area (Å²) < 4.78 is 4.75. The molecule has 4 aliphatic carbocycles. The summed E-state index contributed by atoms with van der Waals surface area (Å²) in [6, 6.07) is 0. The monoisotopic (exact) mass is 402 g/mol. The zero-order valence-electron chi connectivity index (χ0n) is 18.0. The first-order chi connectivity index (χ1) is 13.7. The van der Waals surface area contributed by atoms with Crippen LogP contribution in [0, 0.1) is 40.4 Å². The smallest absolute Gasteiger partial charge is 0.305 e. The molecule has 0 heterocycles. The van der Waals surface area contributed by atoms with Gasteiger partial charge in [-0.25, -0.2) is 0 Å². The fourth-order valence-electron chi connectivity index (χ4n) is 7.62. The lowest BCUT2D eigenvalue weighted by Crippen LogP contribution is -2.59. The Morgan fingerprint density at radius 1 is 1.07 bits per heavy atom. The van der Waals surface area contributed by atoms with Crippen molar-refractivity contribution < 1.29 is 23.9 Å². The number of methoxy groups -OCH3 is 1. The lowest BCUT2D eigenvalue weighted by Gasteiger charge is -2.58. The van der Waals surface area contributed by atoms with Crippen molar-refractivity contribution in [1.29, 1.82) is 0 Å². The van der Waals surface area contributed by atoms with Crippen molar-refractivity contribution in [1.82, 2.24) is 0 Å². The third-order valence-electron chi connectivity index (χ3n) is 9.49. The first-order valence-electron chi connectivity index (χ1n) is 11.4. The highest BCUT2D eigenvalue weighted by atomic mass is 16.5. The number of hydrogen-bond donors (Lipinski definition) is 0. The molecule has 160 valence electrons. The molecule has 7 atom stereocenters. The van der Waals surface area contributed by atoms with Crippen molar-refractivity contribution in [2.24, 2.45) is 40.4 Å². The molecule has 0 radical (unpaired) electrons. The first-order valence-corrected chi connectivity index (χ1v) is 11.4. The minimum Gasteiger partial charge on any atom is -0.469 e. The molecule has 4 rings (SSSR count). The summed E-state index contributed by atoms with van der Waals surface area (Å²) in [7, 11) is 1.40. The second kappa shape index (κ2) is 7.31. The van der Waals surface area contributed by atoms with Crippen LogP contribution in [0.1, 0.15) is 78.1 Å². The van der Waals surface area contributed by atoms with Crippen LogP contribution in [-0.4, -0.2) is 30.4 Å². The average molecular weight is 403 g/mol. The van der Waals surface area contributed by atoms with Gasteiger partial charge in [0.25, 0.3) is 0 Å². The molecule has 4 fully saturated rings. The maximum absolute atomic E-state index is 13.5. The van der Waals surface area contributed by atoms with E-state index in [1.165, 1.54) is 7.11 Å². The summed E-state index contributed by atoms with van der Waals surface area (Å²) in [6.07, 6.45) is 6.78. The Labute approximate surface area is 173 Å². The molecule has 0 amide bonds. The van der Waals surface area contributed by atoms with Crippen molar-refractivity contribution in [2.75, 3.05) is 7.11 Å². The second-order valence-electron chi connectivity index (χ2n) is 10.5. The van der Waals surface area contributed by atoms with Gasteiger partial charge >= 0.3 is 5.97 Å². The van der Waals surface area contributed by atoms with Gasteiger partial charge in [0.05, 0.1) is 7.11 Å². The lowest BCUT2D eigenvalue weighted by atomic mass is 9.44. The zero-order chi connectivity index (χ0) is 21.0. The van der Waals surface area contributed by atoms with Gasteiger partial charge < -0.3 is 4.74 Å². The van der Waals surface area contributed by atoms with Gasteiger partial charge in [0, 0.05) is 43.4 Å². The SMILES string of the molecule is COC(=O)CCC[C@H]1CCC2C3C(=O)CC4CC(=O)CC[C@]4(C)C3CC(=O)[C@@]21C. The topological polar surface area (TPSA) is 77.5 Å². The van der Waals surface area contributed by atoms with Gasteiger partial charge in [-0.1, -0.05) is 13.8 Å². The summed E-state index contributed by atoms with van der Waals surface area (Å²) in [5.41, 5.74) is -0.507. The minimum atomic E-state index is -0.444. The highest BCUT2D eigenvalue weighted by molar-refractivity contribution is 5.93. The molecule has 29 heavy (non-hydrogen) atoms. The molecule has 5 heteroatoms. The molecule has 0 aromatic rings. The molecule has 0 aromatic carbocycles. The van der Waals surface area contributed by atoms with Crippen molar-refractivity contribution >= 4 is 23.3 Å². The van der Waals surface area contributed by atoms with Gasteiger partial charge in [-0.3, -0.25) is 19.2 Å². The van der Waals surface area contributed by atoms with Crippen molar-refractivity contribution in [2.45, 2.75) is 78.1 Å². The largest absolute Gasteiger partial charge is 0.469 e. The summed E-state index contributed by atoms with van der Waals surface area (Å²) >= 11 is 0. The van der Waals surface area contributed by atoms with Crippen LogP contribution in [0.5, 0.6) is 0 Å². The molecule has 0 spiro atoms. The third kappa shape index (κ3) is 3.11. The molecule has 0 saturated heterocycles. The van der Waals surface area contributed by atoms with E-state index in [2.05, 4.69) is 13.8 Å². The number of rotatable bonds is 4. The minimum absolute atomic E-state index is 0.0299. The van der Waals surface area contributed by atoms with Gasteiger partial charge in [0.1, 0.15) is 17.3 Å². The van der Waals surface area contributed by atoms with Crippen molar-refractivity contribution in [3.8, 4) is 0 Å². The van der Waals surface area contributed by atoms with Crippen LogP contribution < -0.4 is 0 Å². The number of ketones is 3. The molecule has 0 N–H and O–H groups in total. The van der Waals surface area contributed by atoms with Crippen LogP contribution in [-0.2, 0) is 23.9 Å². The normalized spacial score (nSPS) is 44.1. The Kier molecular flexibility index (Phi) is 5.23. The molecule has 5 nitrogen and oxygen atoms in total. The summed E-state index contributed by atoms with van der Waals surface area (Å²) in [5, 5.41) is 0.